The number of nitrogens with zero attached hydrogens (tertiary/aromatic N) is 1. The van der Waals surface area contributed by atoms with Crippen molar-refractivity contribution in [3.63, 3.8) is 0 Å². The molecule has 1 aromatic carbocycles. The van der Waals surface area contributed by atoms with Crippen LogP contribution in [0.3, 0.4) is 0 Å². The molecular formula is C14H13Cl2NOS. The molecule has 1 atom stereocenters. The zero-order chi connectivity index (χ0) is 13.8. The fourth-order valence-electron chi connectivity index (χ4n) is 1.54. The van der Waals surface area contributed by atoms with Gasteiger partial charge in [-0.1, -0.05) is 41.9 Å². The third-order valence-corrected chi connectivity index (χ3v) is 4.32. The van der Waals surface area contributed by atoms with Crippen LogP contribution in [-0.2, 0) is 0 Å². The van der Waals surface area contributed by atoms with Crippen LogP contribution in [0.2, 0.25) is 10.0 Å². The highest BCUT2D eigenvalue weighted by Gasteiger charge is 2.08. The highest BCUT2D eigenvalue weighted by molar-refractivity contribution is 7.99. The average molecular weight is 314 g/mol. The largest absolute Gasteiger partial charge is 0.387 e. The normalized spacial score (nSPS) is 12.4. The first-order valence-corrected chi connectivity index (χ1v) is 7.44. The number of hydrogen-bond acceptors (Lipinski definition) is 3. The van der Waals surface area contributed by atoms with Crippen molar-refractivity contribution in [3.05, 3.63) is 52.3 Å². The molecule has 0 spiro atoms. The second-order valence-corrected chi connectivity index (χ2v) is 5.98. The summed E-state index contributed by atoms with van der Waals surface area (Å²) in [6, 6.07) is 9.10. The Morgan fingerprint density at radius 3 is 2.68 bits per heavy atom. The maximum absolute atomic E-state index is 9.68. The van der Waals surface area contributed by atoms with Crippen LogP contribution < -0.4 is 0 Å². The zero-order valence-electron chi connectivity index (χ0n) is 10.3. The summed E-state index contributed by atoms with van der Waals surface area (Å²) in [5, 5.41) is 11.0. The Morgan fingerprint density at radius 1 is 1.26 bits per heavy atom. The maximum atomic E-state index is 9.68. The molecule has 0 aliphatic carbocycles. The van der Waals surface area contributed by atoms with Crippen LogP contribution >= 0.6 is 35.0 Å². The number of benzene rings is 1. The van der Waals surface area contributed by atoms with Gasteiger partial charge in [0.1, 0.15) is 0 Å². The summed E-state index contributed by atoms with van der Waals surface area (Å²) in [7, 11) is 0. The lowest BCUT2D eigenvalue weighted by Crippen LogP contribution is -1.97. The molecule has 0 aliphatic rings. The highest BCUT2D eigenvalue weighted by atomic mass is 35.5. The molecular weight excluding hydrogens is 301 g/mol. The molecule has 0 bridgehead atoms. The summed E-state index contributed by atoms with van der Waals surface area (Å²) in [6.45, 7) is 1.92. The smallest absolute Gasteiger partial charge is 0.0957 e. The molecule has 5 heteroatoms. The van der Waals surface area contributed by atoms with E-state index in [1.165, 1.54) is 11.8 Å². The quantitative estimate of drug-likeness (QED) is 0.863. The molecule has 1 heterocycles. The van der Waals surface area contributed by atoms with E-state index in [0.29, 0.717) is 22.2 Å². The average Bonchev–Trinajstić information content (AvgIpc) is 2.43. The van der Waals surface area contributed by atoms with Gasteiger partial charge in [0.2, 0.25) is 0 Å². The van der Waals surface area contributed by atoms with Crippen molar-refractivity contribution in [1.29, 1.82) is 0 Å². The van der Waals surface area contributed by atoms with Crippen LogP contribution in [0.5, 0.6) is 0 Å². The first kappa shape index (κ1) is 14.7. The molecule has 0 aliphatic heterocycles. The molecule has 2 aromatic rings. The van der Waals surface area contributed by atoms with E-state index in [2.05, 4.69) is 4.98 Å². The maximum Gasteiger partial charge on any atom is 0.0957 e. The number of hydrogen-bond donors (Lipinski definition) is 1. The number of aromatic nitrogens is 1. The molecule has 1 N–H and O–H groups in total. The van der Waals surface area contributed by atoms with Gasteiger partial charge in [-0.2, -0.15) is 0 Å². The molecule has 0 radical (unpaired) electrons. The molecule has 19 heavy (non-hydrogen) atoms. The molecule has 100 valence electrons. The Kier molecular flexibility index (Phi) is 5.11. The van der Waals surface area contributed by atoms with E-state index >= 15 is 0 Å². The van der Waals surface area contributed by atoms with E-state index in [9.17, 15) is 5.11 Å². The number of aliphatic hydroxyl groups is 1. The molecule has 0 saturated carbocycles. The second kappa shape index (κ2) is 6.62. The van der Waals surface area contributed by atoms with Crippen molar-refractivity contribution in [2.45, 2.75) is 29.2 Å². The van der Waals surface area contributed by atoms with E-state index in [1.807, 2.05) is 25.1 Å². The third kappa shape index (κ3) is 3.86. The minimum absolute atomic E-state index is 0.506. The first-order chi connectivity index (χ1) is 9.10. The van der Waals surface area contributed by atoms with Gasteiger partial charge in [-0.05, 0) is 36.8 Å². The van der Waals surface area contributed by atoms with Gasteiger partial charge in [-0.3, -0.25) is 4.98 Å². The van der Waals surface area contributed by atoms with Crippen LogP contribution in [0.1, 0.15) is 25.1 Å². The lowest BCUT2D eigenvalue weighted by atomic mass is 10.2. The highest BCUT2D eigenvalue weighted by Crippen LogP contribution is 2.35. The van der Waals surface area contributed by atoms with Crippen LogP contribution in [0.15, 0.2) is 46.3 Å². The van der Waals surface area contributed by atoms with Gasteiger partial charge in [-0.15, -0.1) is 0 Å². The predicted octanol–water partition coefficient (Wildman–Crippen LogP) is 4.98. The molecule has 2 nitrogen and oxygen atoms in total. The van der Waals surface area contributed by atoms with Crippen molar-refractivity contribution in [2.75, 3.05) is 0 Å². The summed E-state index contributed by atoms with van der Waals surface area (Å²) in [5.74, 6) is 0. The van der Waals surface area contributed by atoms with Gasteiger partial charge < -0.3 is 5.11 Å². The molecule has 0 saturated heterocycles. The van der Waals surface area contributed by atoms with Gasteiger partial charge in [0.05, 0.1) is 16.8 Å². The SMILES string of the molecule is CC[C@@H](O)c1ccc(Sc2cc(Cl)ccc2Cl)cn1. The number of pyridine rings is 1. The molecule has 0 amide bonds. The Hall–Kier alpha value is -0.740. The number of rotatable bonds is 4. The Bertz CT molecular complexity index is 560. The van der Waals surface area contributed by atoms with Crippen LogP contribution in [0.25, 0.3) is 0 Å². The monoisotopic (exact) mass is 313 g/mol. The first-order valence-electron chi connectivity index (χ1n) is 5.87. The van der Waals surface area contributed by atoms with Crippen molar-refractivity contribution in [3.8, 4) is 0 Å². The summed E-state index contributed by atoms with van der Waals surface area (Å²) >= 11 is 13.6. The van der Waals surface area contributed by atoms with Gasteiger partial charge in [0.25, 0.3) is 0 Å². The van der Waals surface area contributed by atoms with Crippen molar-refractivity contribution < 1.29 is 5.11 Å². The summed E-state index contributed by atoms with van der Waals surface area (Å²) in [4.78, 5) is 6.09. The molecule has 0 fully saturated rings. The standard InChI is InChI=1S/C14H13Cl2NOS/c1-2-13(18)12-6-4-10(8-17-12)19-14-7-9(15)3-5-11(14)16/h3-8,13,18H,2H2,1H3/t13-/m1/s1. The zero-order valence-corrected chi connectivity index (χ0v) is 12.6. The fraction of sp³-hybridized carbons (Fsp3) is 0.214. The lowest BCUT2D eigenvalue weighted by molar-refractivity contribution is 0.169. The van der Waals surface area contributed by atoms with Crippen molar-refractivity contribution in [1.82, 2.24) is 4.98 Å². The Morgan fingerprint density at radius 2 is 2.05 bits per heavy atom. The van der Waals surface area contributed by atoms with Gasteiger partial charge in [-0.25, -0.2) is 0 Å². The second-order valence-electron chi connectivity index (χ2n) is 4.02. The van der Waals surface area contributed by atoms with Crippen molar-refractivity contribution >= 4 is 35.0 Å². The van der Waals surface area contributed by atoms with Gasteiger partial charge >= 0.3 is 0 Å². The third-order valence-electron chi connectivity index (χ3n) is 2.61. The molecule has 1 aromatic heterocycles. The molecule has 2 rings (SSSR count). The minimum atomic E-state index is -0.506. The number of halogens is 2. The summed E-state index contributed by atoms with van der Waals surface area (Å²) in [6.07, 6.45) is 1.88. The van der Waals surface area contributed by atoms with Crippen LogP contribution in [0, 0.1) is 0 Å². The van der Waals surface area contributed by atoms with E-state index in [-0.39, 0.29) is 0 Å². The topological polar surface area (TPSA) is 33.1 Å². The predicted molar refractivity (Wildman–Crippen MR) is 80.1 cm³/mol. The van der Waals surface area contributed by atoms with Crippen LogP contribution in [0.4, 0.5) is 0 Å². The van der Waals surface area contributed by atoms with E-state index in [4.69, 9.17) is 23.2 Å². The lowest BCUT2D eigenvalue weighted by Gasteiger charge is -2.08. The fourth-order valence-corrected chi connectivity index (χ4v) is 2.86. The Labute approximate surface area is 126 Å². The number of aliphatic hydroxyl groups excluding tert-OH is 1. The summed E-state index contributed by atoms with van der Waals surface area (Å²) < 4.78 is 0. The van der Waals surface area contributed by atoms with Crippen molar-refractivity contribution in [2.24, 2.45) is 0 Å². The van der Waals surface area contributed by atoms with E-state index in [1.54, 1.807) is 18.3 Å². The van der Waals surface area contributed by atoms with Gasteiger partial charge in [0, 0.05) is 21.0 Å². The van der Waals surface area contributed by atoms with Crippen LogP contribution in [-0.4, -0.2) is 10.1 Å². The van der Waals surface area contributed by atoms with E-state index in [0.717, 1.165) is 9.79 Å². The van der Waals surface area contributed by atoms with Gasteiger partial charge in [0.15, 0.2) is 0 Å². The van der Waals surface area contributed by atoms with E-state index < -0.39 is 6.10 Å². The minimum Gasteiger partial charge on any atom is -0.387 e. The molecule has 0 unspecified atom stereocenters. The summed E-state index contributed by atoms with van der Waals surface area (Å²) in [5.41, 5.74) is 0.684. The Balaban J connectivity index is 2.17.